The van der Waals surface area contributed by atoms with Gasteiger partial charge in [-0.2, -0.15) is 0 Å². The molecule has 0 aromatic rings. The number of hydrogen-bond donors (Lipinski definition) is 2. The third-order valence-corrected chi connectivity index (χ3v) is 4.39. The number of nitrogens with one attached hydrogen (secondary N) is 2. The lowest BCUT2D eigenvalue weighted by Gasteiger charge is -2.23. The maximum absolute atomic E-state index is 12.1. The average molecular weight is 282 g/mol. The zero-order valence-electron chi connectivity index (χ0n) is 13.5. The number of rotatable bonds is 10. The molecule has 3 heteroatoms. The molecule has 0 spiro atoms. The highest BCUT2D eigenvalue weighted by atomic mass is 16.1. The summed E-state index contributed by atoms with van der Waals surface area (Å²) in [5.41, 5.74) is 0. The summed E-state index contributed by atoms with van der Waals surface area (Å²) < 4.78 is 0. The molecule has 3 nitrogen and oxygen atoms in total. The molecule has 1 unspecified atom stereocenters. The number of piperidine rings is 1. The summed E-state index contributed by atoms with van der Waals surface area (Å²) in [6.45, 7) is 7.52. The quantitative estimate of drug-likeness (QED) is 0.644. The van der Waals surface area contributed by atoms with Crippen molar-refractivity contribution in [1.82, 2.24) is 10.6 Å². The summed E-state index contributed by atoms with van der Waals surface area (Å²) in [6.07, 6.45) is 10.7. The van der Waals surface area contributed by atoms with Gasteiger partial charge in [0.2, 0.25) is 5.91 Å². The Kier molecular flexibility index (Phi) is 9.73. The molecule has 0 bridgehead atoms. The number of unbranched alkanes of at least 4 members (excludes halogenated alkanes) is 2. The molecule has 2 N–H and O–H groups in total. The minimum Gasteiger partial charge on any atom is -0.356 e. The van der Waals surface area contributed by atoms with Gasteiger partial charge < -0.3 is 10.6 Å². The van der Waals surface area contributed by atoms with Crippen molar-refractivity contribution >= 4 is 5.91 Å². The normalized spacial score (nSPS) is 19.2. The SMILES string of the molecule is CCCCC(CCCC)CC(=O)NCC1CCCNC1. The first-order valence-electron chi connectivity index (χ1n) is 8.73. The molecule has 1 heterocycles. The first kappa shape index (κ1) is 17.5. The van der Waals surface area contributed by atoms with Crippen LogP contribution in [0, 0.1) is 11.8 Å². The molecule has 20 heavy (non-hydrogen) atoms. The first-order valence-corrected chi connectivity index (χ1v) is 8.73. The molecule has 0 radical (unpaired) electrons. The zero-order chi connectivity index (χ0) is 14.6. The van der Waals surface area contributed by atoms with Gasteiger partial charge in [0.1, 0.15) is 0 Å². The van der Waals surface area contributed by atoms with Crippen LogP contribution in [0.4, 0.5) is 0 Å². The number of amides is 1. The fourth-order valence-corrected chi connectivity index (χ4v) is 3.02. The summed E-state index contributed by atoms with van der Waals surface area (Å²) in [4.78, 5) is 12.1. The molecule has 1 saturated heterocycles. The smallest absolute Gasteiger partial charge is 0.220 e. The van der Waals surface area contributed by atoms with Crippen LogP contribution in [-0.2, 0) is 4.79 Å². The van der Waals surface area contributed by atoms with Gasteiger partial charge in [0.05, 0.1) is 0 Å². The molecule has 0 saturated carbocycles. The average Bonchev–Trinajstić information content (AvgIpc) is 2.49. The van der Waals surface area contributed by atoms with Crippen molar-refractivity contribution in [2.75, 3.05) is 19.6 Å². The molecule has 1 aliphatic rings. The van der Waals surface area contributed by atoms with Gasteiger partial charge in [-0.05, 0) is 50.6 Å². The van der Waals surface area contributed by atoms with E-state index in [1.165, 1.54) is 51.4 Å². The third kappa shape index (κ3) is 7.88. The predicted molar refractivity (Wildman–Crippen MR) is 85.8 cm³/mol. The predicted octanol–water partition coefficient (Wildman–Crippen LogP) is 3.49. The second kappa shape index (κ2) is 11.1. The van der Waals surface area contributed by atoms with Gasteiger partial charge in [0.25, 0.3) is 0 Å². The van der Waals surface area contributed by atoms with E-state index in [-0.39, 0.29) is 5.91 Å². The minimum absolute atomic E-state index is 0.271. The Labute approximate surface area is 125 Å². The maximum atomic E-state index is 12.1. The monoisotopic (exact) mass is 282 g/mol. The van der Waals surface area contributed by atoms with E-state index in [4.69, 9.17) is 0 Å². The van der Waals surface area contributed by atoms with E-state index in [0.717, 1.165) is 26.1 Å². The third-order valence-electron chi connectivity index (χ3n) is 4.39. The van der Waals surface area contributed by atoms with Crippen molar-refractivity contribution < 1.29 is 4.79 Å². The fraction of sp³-hybridized carbons (Fsp3) is 0.941. The molecule has 0 aromatic heterocycles. The Bertz CT molecular complexity index is 241. The van der Waals surface area contributed by atoms with E-state index >= 15 is 0 Å². The van der Waals surface area contributed by atoms with Gasteiger partial charge in [-0.25, -0.2) is 0 Å². The van der Waals surface area contributed by atoms with E-state index in [1.807, 2.05) is 0 Å². The first-order chi connectivity index (χ1) is 9.76. The molecule has 1 aliphatic heterocycles. The Balaban J connectivity index is 2.21. The van der Waals surface area contributed by atoms with Crippen molar-refractivity contribution in [1.29, 1.82) is 0 Å². The van der Waals surface area contributed by atoms with Crippen LogP contribution in [0.25, 0.3) is 0 Å². The van der Waals surface area contributed by atoms with Gasteiger partial charge in [0.15, 0.2) is 0 Å². The van der Waals surface area contributed by atoms with E-state index < -0.39 is 0 Å². The van der Waals surface area contributed by atoms with Gasteiger partial charge in [-0.1, -0.05) is 39.5 Å². The molecule has 1 atom stereocenters. The summed E-state index contributed by atoms with van der Waals surface area (Å²) >= 11 is 0. The van der Waals surface area contributed by atoms with Crippen LogP contribution in [0.2, 0.25) is 0 Å². The van der Waals surface area contributed by atoms with Gasteiger partial charge >= 0.3 is 0 Å². The minimum atomic E-state index is 0.271. The molecule has 118 valence electrons. The fourth-order valence-electron chi connectivity index (χ4n) is 3.02. The van der Waals surface area contributed by atoms with Gasteiger partial charge in [0, 0.05) is 13.0 Å². The van der Waals surface area contributed by atoms with Gasteiger partial charge in [-0.3, -0.25) is 4.79 Å². The number of carbonyl (C=O) groups excluding carboxylic acids is 1. The van der Waals surface area contributed by atoms with E-state index in [1.54, 1.807) is 0 Å². The lowest BCUT2D eigenvalue weighted by Crippen LogP contribution is -2.38. The Morgan fingerprint density at radius 3 is 2.50 bits per heavy atom. The van der Waals surface area contributed by atoms with Crippen molar-refractivity contribution in [2.24, 2.45) is 11.8 Å². The lowest BCUT2D eigenvalue weighted by atomic mass is 9.92. The van der Waals surface area contributed by atoms with Crippen molar-refractivity contribution in [2.45, 2.75) is 71.6 Å². The second-order valence-electron chi connectivity index (χ2n) is 6.37. The molecule has 0 aliphatic carbocycles. The summed E-state index contributed by atoms with van der Waals surface area (Å²) in [5, 5.41) is 6.56. The van der Waals surface area contributed by atoms with Gasteiger partial charge in [-0.15, -0.1) is 0 Å². The second-order valence-corrected chi connectivity index (χ2v) is 6.37. The van der Waals surface area contributed by atoms with E-state index in [2.05, 4.69) is 24.5 Å². The molecular formula is C17H34N2O. The van der Waals surface area contributed by atoms with Crippen molar-refractivity contribution in [3.05, 3.63) is 0 Å². The van der Waals surface area contributed by atoms with Crippen molar-refractivity contribution in [3.8, 4) is 0 Å². The van der Waals surface area contributed by atoms with E-state index in [9.17, 15) is 4.79 Å². The Morgan fingerprint density at radius 1 is 1.25 bits per heavy atom. The highest BCUT2D eigenvalue weighted by molar-refractivity contribution is 5.76. The van der Waals surface area contributed by atoms with Crippen LogP contribution in [0.1, 0.15) is 71.6 Å². The maximum Gasteiger partial charge on any atom is 0.220 e. The lowest BCUT2D eigenvalue weighted by molar-refractivity contribution is -0.122. The number of carbonyl (C=O) groups is 1. The van der Waals surface area contributed by atoms with Crippen molar-refractivity contribution in [3.63, 3.8) is 0 Å². The molecular weight excluding hydrogens is 248 g/mol. The standard InChI is InChI=1S/C17H34N2O/c1-3-5-8-15(9-6-4-2)12-17(20)19-14-16-10-7-11-18-13-16/h15-16,18H,3-14H2,1-2H3,(H,19,20). The van der Waals surface area contributed by atoms with E-state index in [0.29, 0.717) is 11.8 Å². The highest BCUT2D eigenvalue weighted by Gasteiger charge is 2.16. The van der Waals surface area contributed by atoms with Crippen LogP contribution in [-0.4, -0.2) is 25.5 Å². The van der Waals surface area contributed by atoms with Crippen LogP contribution in [0.3, 0.4) is 0 Å². The Morgan fingerprint density at radius 2 is 1.95 bits per heavy atom. The highest BCUT2D eigenvalue weighted by Crippen LogP contribution is 2.19. The van der Waals surface area contributed by atoms with Crippen LogP contribution in [0.15, 0.2) is 0 Å². The summed E-state index contributed by atoms with van der Waals surface area (Å²) in [7, 11) is 0. The molecule has 1 rings (SSSR count). The zero-order valence-corrected chi connectivity index (χ0v) is 13.5. The van der Waals surface area contributed by atoms with Crippen LogP contribution in [0.5, 0.6) is 0 Å². The summed E-state index contributed by atoms with van der Waals surface area (Å²) in [5.74, 6) is 1.50. The molecule has 1 amide bonds. The summed E-state index contributed by atoms with van der Waals surface area (Å²) in [6, 6.07) is 0. The Hall–Kier alpha value is -0.570. The number of hydrogen-bond acceptors (Lipinski definition) is 2. The molecule has 0 aromatic carbocycles. The largest absolute Gasteiger partial charge is 0.356 e. The van der Waals surface area contributed by atoms with Crippen LogP contribution < -0.4 is 10.6 Å². The molecule has 1 fully saturated rings. The topological polar surface area (TPSA) is 41.1 Å². The van der Waals surface area contributed by atoms with Crippen LogP contribution >= 0.6 is 0 Å².